The zero-order chi connectivity index (χ0) is 38.6. The minimum atomic E-state index is -0.529. The lowest BCUT2D eigenvalue weighted by molar-refractivity contribution is 0.267. The molecule has 11 rings (SSSR count). The van der Waals surface area contributed by atoms with E-state index in [9.17, 15) is 5.26 Å². The Balaban J connectivity index is 1.17. The molecular weight excluding hydrogens is 707 g/mol. The minimum Gasteiger partial charge on any atom is -0.461 e. The molecule has 2 aliphatic heterocycles. The number of allylic oxidation sites excluding steroid dienone is 7. The van der Waals surface area contributed by atoms with Crippen LogP contribution >= 0.6 is 0 Å². The van der Waals surface area contributed by atoms with Gasteiger partial charge in [0.1, 0.15) is 17.7 Å². The van der Waals surface area contributed by atoms with Crippen molar-refractivity contribution in [2.45, 2.75) is 43.3 Å². The Hall–Kier alpha value is -6.93. The van der Waals surface area contributed by atoms with Gasteiger partial charge >= 0.3 is 0 Å². The smallest absolute Gasteiger partial charge is 0.127 e. The Bertz CT molecular complexity index is 2800. The van der Waals surface area contributed by atoms with Crippen molar-refractivity contribution >= 4 is 11.3 Å². The van der Waals surface area contributed by atoms with E-state index in [0.717, 1.165) is 59.6 Å². The number of fused-ring (bicyclic) bond motifs is 7. The summed E-state index contributed by atoms with van der Waals surface area (Å²) in [6.45, 7) is 0. The zero-order valence-corrected chi connectivity index (χ0v) is 32.1. The Kier molecular flexibility index (Phi) is 8.24. The van der Waals surface area contributed by atoms with Crippen molar-refractivity contribution in [2.75, 3.05) is 0 Å². The number of hydrogen-bond donors (Lipinski definition) is 2. The van der Waals surface area contributed by atoms with Crippen molar-refractivity contribution < 1.29 is 4.74 Å². The quantitative estimate of drug-likeness (QED) is 0.184. The highest BCUT2D eigenvalue weighted by molar-refractivity contribution is 5.95. The molecule has 2 heterocycles. The van der Waals surface area contributed by atoms with Gasteiger partial charge in [0.25, 0.3) is 0 Å². The van der Waals surface area contributed by atoms with Gasteiger partial charge in [0, 0.05) is 23.3 Å². The number of hydrogen-bond acceptors (Lipinski definition) is 4. The molecule has 1 spiro atoms. The molecule has 5 aliphatic rings. The van der Waals surface area contributed by atoms with Crippen molar-refractivity contribution in [3.05, 3.63) is 238 Å². The lowest BCUT2D eigenvalue weighted by atomic mass is 9.62. The number of ether oxygens (including phenoxy) is 1. The van der Waals surface area contributed by atoms with Gasteiger partial charge in [-0.15, -0.1) is 0 Å². The number of nitriles is 1. The Labute approximate surface area is 339 Å². The summed E-state index contributed by atoms with van der Waals surface area (Å²) in [7, 11) is 0. The molecule has 278 valence electrons. The average molecular weight is 748 g/mol. The first-order valence-corrected chi connectivity index (χ1v) is 20.4. The summed E-state index contributed by atoms with van der Waals surface area (Å²) in [5.41, 5.74) is 17.2. The van der Waals surface area contributed by atoms with E-state index in [1.165, 1.54) is 55.7 Å². The molecule has 3 atom stereocenters. The monoisotopic (exact) mass is 747 g/mol. The summed E-state index contributed by atoms with van der Waals surface area (Å²) in [5, 5.41) is 17.6. The third-order valence-electron chi connectivity index (χ3n) is 12.6. The number of nitrogens with zero attached hydrogens (tertiary/aromatic N) is 1. The summed E-state index contributed by atoms with van der Waals surface area (Å²) in [6, 6.07) is 56.7. The van der Waals surface area contributed by atoms with Gasteiger partial charge in [0.15, 0.2) is 0 Å². The highest BCUT2D eigenvalue weighted by atomic mass is 16.5. The van der Waals surface area contributed by atoms with E-state index in [2.05, 4.69) is 181 Å². The number of benzene rings is 6. The third-order valence-corrected chi connectivity index (χ3v) is 12.6. The second kappa shape index (κ2) is 13.9. The minimum absolute atomic E-state index is 0.125. The molecule has 3 aliphatic carbocycles. The van der Waals surface area contributed by atoms with Crippen molar-refractivity contribution in [2.24, 2.45) is 0 Å². The van der Waals surface area contributed by atoms with Crippen molar-refractivity contribution in [3.63, 3.8) is 0 Å². The summed E-state index contributed by atoms with van der Waals surface area (Å²) in [6.07, 6.45) is 12.8. The fourth-order valence-electron chi connectivity index (χ4n) is 10.1. The predicted octanol–water partition coefficient (Wildman–Crippen LogP) is 12.2. The van der Waals surface area contributed by atoms with Crippen LogP contribution in [-0.2, 0) is 10.2 Å². The van der Waals surface area contributed by atoms with Crippen LogP contribution in [0.1, 0.15) is 76.8 Å². The van der Waals surface area contributed by atoms with Crippen LogP contribution in [-0.4, -0.2) is 0 Å². The summed E-state index contributed by atoms with van der Waals surface area (Å²) >= 11 is 0. The maximum atomic E-state index is 9.56. The first kappa shape index (κ1) is 34.3. The molecule has 4 heteroatoms. The van der Waals surface area contributed by atoms with Crippen LogP contribution in [0.2, 0.25) is 0 Å². The van der Waals surface area contributed by atoms with E-state index in [1.807, 2.05) is 12.1 Å². The summed E-state index contributed by atoms with van der Waals surface area (Å²) in [4.78, 5) is 0. The normalized spacial score (nSPS) is 21.4. The second-order valence-electron chi connectivity index (χ2n) is 15.8. The molecule has 58 heavy (non-hydrogen) atoms. The first-order valence-electron chi connectivity index (χ1n) is 20.4. The second-order valence-corrected chi connectivity index (χ2v) is 15.8. The Morgan fingerprint density at radius 2 is 1.26 bits per heavy atom. The fraction of sp³-hybridized carbons (Fsp3) is 0.130. The van der Waals surface area contributed by atoms with Crippen molar-refractivity contribution in [1.82, 2.24) is 10.6 Å². The summed E-state index contributed by atoms with van der Waals surface area (Å²) < 4.78 is 6.86. The standard InChI is InChI=1S/C54H41N3O/c55-34-35-24-26-36(27-25-35)40-28-30-42-43-31-29-41(33-47(43)54(46(42)32-40)44-20-10-12-22-48(44)58-49-23-13-11-21-45(49)54)52-50(37-14-4-1-5-15-37)51(38-16-6-2-7-17-38)56-53(57-52)39-18-8-3-9-19-39/h1-10,13-20,23-33,52-53,56-57H,11-12,21-22H2. The van der Waals surface area contributed by atoms with Crippen LogP contribution in [0.3, 0.4) is 0 Å². The molecule has 4 nitrogen and oxygen atoms in total. The van der Waals surface area contributed by atoms with Gasteiger partial charge in [-0.2, -0.15) is 5.26 Å². The van der Waals surface area contributed by atoms with Crippen LogP contribution in [0.25, 0.3) is 33.5 Å². The molecule has 0 fully saturated rings. The van der Waals surface area contributed by atoms with Crippen LogP contribution in [0.15, 0.2) is 199 Å². The van der Waals surface area contributed by atoms with E-state index >= 15 is 0 Å². The molecule has 3 unspecified atom stereocenters. The zero-order valence-electron chi connectivity index (χ0n) is 32.1. The van der Waals surface area contributed by atoms with Crippen LogP contribution in [0, 0.1) is 11.3 Å². The topological polar surface area (TPSA) is 57.1 Å². The van der Waals surface area contributed by atoms with E-state index in [1.54, 1.807) is 0 Å². The Morgan fingerprint density at radius 3 is 2.02 bits per heavy atom. The van der Waals surface area contributed by atoms with E-state index in [0.29, 0.717) is 5.56 Å². The van der Waals surface area contributed by atoms with Crippen molar-refractivity contribution in [3.8, 4) is 28.3 Å². The van der Waals surface area contributed by atoms with Gasteiger partial charge in [-0.05, 0) is 105 Å². The fourth-order valence-corrected chi connectivity index (χ4v) is 10.1. The largest absolute Gasteiger partial charge is 0.461 e. The van der Waals surface area contributed by atoms with Crippen LogP contribution in [0.5, 0.6) is 0 Å². The van der Waals surface area contributed by atoms with Gasteiger partial charge in [-0.3, -0.25) is 5.32 Å². The maximum absolute atomic E-state index is 9.56. The molecular formula is C54H41N3O. The molecule has 0 amide bonds. The number of rotatable bonds is 5. The van der Waals surface area contributed by atoms with E-state index < -0.39 is 5.41 Å². The molecule has 0 saturated carbocycles. The van der Waals surface area contributed by atoms with Gasteiger partial charge < -0.3 is 10.1 Å². The van der Waals surface area contributed by atoms with Gasteiger partial charge in [0.05, 0.1) is 23.1 Å². The molecule has 0 saturated heterocycles. The average Bonchev–Trinajstić information content (AvgIpc) is 3.58. The highest BCUT2D eigenvalue weighted by Crippen LogP contribution is 2.63. The van der Waals surface area contributed by atoms with Gasteiger partial charge in [-0.25, -0.2) is 0 Å². The van der Waals surface area contributed by atoms with Crippen LogP contribution < -0.4 is 10.6 Å². The molecule has 2 N–H and O–H groups in total. The van der Waals surface area contributed by atoms with Gasteiger partial charge in [0.2, 0.25) is 0 Å². The van der Waals surface area contributed by atoms with Crippen molar-refractivity contribution in [1.29, 1.82) is 5.26 Å². The highest BCUT2D eigenvalue weighted by Gasteiger charge is 2.53. The molecule has 0 bridgehead atoms. The van der Waals surface area contributed by atoms with Gasteiger partial charge in [-0.1, -0.05) is 152 Å². The molecule has 0 aromatic heterocycles. The Morgan fingerprint density at radius 1 is 0.603 bits per heavy atom. The lowest BCUT2D eigenvalue weighted by Crippen LogP contribution is -2.42. The number of nitrogens with one attached hydrogen (secondary N) is 2. The lowest BCUT2D eigenvalue weighted by Gasteiger charge is -2.44. The molecule has 0 radical (unpaired) electrons. The molecule has 6 aromatic carbocycles. The van der Waals surface area contributed by atoms with E-state index in [4.69, 9.17) is 4.74 Å². The molecule has 6 aromatic rings. The third kappa shape index (κ3) is 5.39. The van der Waals surface area contributed by atoms with Crippen LogP contribution in [0.4, 0.5) is 0 Å². The summed E-state index contributed by atoms with van der Waals surface area (Å²) in [5.74, 6) is 2.06. The van der Waals surface area contributed by atoms with E-state index in [-0.39, 0.29) is 12.2 Å². The predicted molar refractivity (Wildman–Crippen MR) is 233 cm³/mol. The SMILES string of the molecule is N#Cc1ccc(-c2ccc3c(c2)C2(C4=C(CCC=C4)OC4=C2CCC=C4)c2cc(C4NC(c5ccccc5)NC(c5ccccc5)=C4c4ccccc4)ccc2-3)cc1. The maximum Gasteiger partial charge on any atom is 0.127 e. The first-order chi connectivity index (χ1) is 28.7.